The number of hydrogen-bond acceptors (Lipinski definition) is 5. The molecule has 8 aromatic rings. The average molecular weight is 553 g/mol. The van der Waals surface area contributed by atoms with Gasteiger partial charge in [0.1, 0.15) is 5.52 Å². The van der Waals surface area contributed by atoms with Crippen molar-refractivity contribution in [3.05, 3.63) is 146 Å². The summed E-state index contributed by atoms with van der Waals surface area (Å²) in [7, 11) is 0. The van der Waals surface area contributed by atoms with Crippen LogP contribution >= 0.6 is 0 Å². The molecule has 0 amide bonds. The quantitative estimate of drug-likeness (QED) is 0.213. The molecule has 5 nitrogen and oxygen atoms in total. The molecule has 2 heterocycles. The molecule has 0 saturated heterocycles. The summed E-state index contributed by atoms with van der Waals surface area (Å²) in [6.07, 6.45) is 0. The van der Waals surface area contributed by atoms with E-state index in [9.17, 15) is 0 Å². The number of benzene rings is 6. The van der Waals surface area contributed by atoms with Crippen molar-refractivity contribution >= 4 is 21.9 Å². The fourth-order valence-corrected chi connectivity index (χ4v) is 5.44. The van der Waals surface area contributed by atoms with Crippen LogP contribution in [0.2, 0.25) is 0 Å². The van der Waals surface area contributed by atoms with E-state index in [0.717, 1.165) is 55.3 Å². The van der Waals surface area contributed by atoms with E-state index in [1.807, 2.05) is 97.1 Å². The predicted octanol–water partition coefficient (Wildman–Crippen LogP) is 9.50. The third-order valence-corrected chi connectivity index (χ3v) is 7.57. The van der Waals surface area contributed by atoms with E-state index < -0.39 is 0 Å². The molecule has 0 N–H and O–H groups in total. The summed E-state index contributed by atoms with van der Waals surface area (Å²) < 4.78 is 6.39. The van der Waals surface area contributed by atoms with Crippen LogP contribution < -0.4 is 0 Å². The third kappa shape index (κ3) is 4.63. The highest BCUT2D eigenvalue weighted by molar-refractivity contribution is 6.11. The molecule has 0 spiro atoms. The molecule has 6 aromatic carbocycles. The normalized spacial score (nSPS) is 11.3. The lowest BCUT2D eigenvalue weighted by molar-refractivity contribution is 0.623. The maximum Gasteiger partial charge on any atom is 0.227 e. The first kappa shape index (κ1) is 24.8. The number of nitrogens with zero attached hydrogens (tertiary/aromatic N) is 4. The predicted molar refractivity (Wildman–Crippen MR) is 172 cm³/mol. The molecule has 0 radical (unpaired) electrons. The van der Waals surface area contributed by atoms with Gasteiger partial charge in [-0.25, -0.2) is 19.9 Å². The van der Waals surface area contributed by atoms with E-state index in [1.165, 1.54) is 0 Å². The highest BCUT2D eigenvalue weighted by Gasteiger charge is 2.16. The first-order valence-corrected chi connectivity index (χ1v) is 14.2. The highest BCUT2D eigenvalue weighted by Crippen LogP contribution is 2.37. The zero-order valence-corrected chi connectivity index (χ0v) is 23.1. The molecule has 0 unspecified atom stereocenters. The van der Waals surface area contributed by atoms with Crippen molar-refractivity contribution in [1.82, 2.24) is 19.9 Å². The SMILES string of the molecule is c1ccc(-c2nc(-c3ccccc3)nc(-c3ccc(-c4cccc5ccc6nc(-c7ccccc7)oc6c45)cc3)n2)cc1. The Morgan fingerprint density at radius 1 is 0.372 bits per heavy atom. The van der Waals surface area contributed by atoms with Crippen LogP contribution in [-0.2, 0) is 0 Å². The molecule has 0 saturated carbocycles. The highest BCUT2D eigenvalue weighted by atomic mass is 16.3. The molecule has 0 atom stereocenters. The van der Waals surface area contributed by atoms with E-state index in [2.05, 4.69) is 48.5 Å². The molecule has 202 valence electrons. The lowest BCUT2D eigenvalue weighted by Gasteiger charge is -2.10. The number of rotatable bonds is 5. The minimum atomic E-state index is 0.617. The Hall–Kier alpha value is -5.94. The van der Waals surface area contributed by atoms with Gasteiger partial charge in [-0.05, 0) is 34.7 Å². The minimum Gasteiger partial charge on any atom is -0.435 e. The van der Waals surface area contributed by atoms with Crippen molar-refractivity contribution in [2.75, 3.05) is 0 Å². The monoisotopic (exact) mass is 552 g/mol. The minimum absolute atomic E-state index is 0.617. The second-order valence-electron chi connectivity index (χ2n) is 10.3. The summed E-state index contributed by atoms with van der Waals surface area (Å²) in [6.45, 7) is 0. The fraction of sp³-hybridized carbons (Fsp3) is 0. The van der Waals surface area contributed by atoms with Gasteiger partial charge in [-0.2, -0.15) is 0 Å². The molecule has 0 aliphatic rings. The summed E-state index contributed by atoms with van der Waals surface area (Å²) in [6, 6.07) is 48.9. The second-order valence-corrected chi connectivity index (χ2v) is 10.3. The van der Waals surface area contributed by atoms with Crippen LogP contribution in [0.15, 0.2) is 150 Å². The van der Waals surface area contributed by atoms with Gasteiger partial charge in [0.25, 0.3) is 0 Å². The maximum absolute atomic E-state index is 6.39. The molecular weight excluding hydrogens is 528 g/mol. The average Bonchev–Trinajstić information content (AvgIpc) is 3.54. The lowest BCUT2D eigenvalue weighted by atomic mass is 9.96. The summed E-state index contributed by atoms with van der Waals surface area (Å²) in [4.78, 5) is 19.4. The number of fused-ring (bicyclic) bond motifs is 3. The summed E-state index contributed by atoms with van der Waals surface area (Å²) in [5.41, 5.74) is 7.53. The van der Waals surface area contributed by atoms with Gasteiger partial charge in [0, 0.05) is 27.6 Å². The number of oxazole rings is 1. The molecule has 0 fully saturated rings. The molecule has 8 rings (SSSR count). The van der Waals surface area contributed by atoms with Crippen LogP contribution in [-0.4, -0.2) is 19.9 Å². The molecule has 2 aromatic heterocycles. The maximum atomic E-state index is 6.39. The van der Waals surface area contributed by atoms with Crippen LogP contribution in [0.4, 0.5) is 0 Å². The Bertz CT molecular complexity index is 2150. The topological polar surface area (TPSA) is 64.7 Å². The van der Waals surface area contributed by atoms with Gasteiger partial charge < -0.3 is 4.42 Å². The Labute approximate surface area is 248 Å². The van der Waals surface area contributed by atoms with E-state index in [1.54, 1.807) is 0 Å². The van der Waals surface area contributed by atoms with Crippen molar-refractivity contribution in [3.8, 4) is 56.7 Å². The van der Waals surface area contributed by atoms with Crippen molar-refractivity contribution < 1.29 is 4.42 Å². The van der Waals surface area contributed by atoms with Gasteiger partial charge in [0.05, 0.1) is 0 Å². The smallest absolute Gasteiger partial charge is 0.227 e. The Morgan fingerprint density at radius 2 is 0.884 bits per heavy atom. The summed E-state index contributed by atoms with van der Waals surface area (Å²) in [5, 5.41) is 2.14. The standard InChI is InChI=1S/C38H24N4O/c1-4-11-27(12-5-1)35-40-36(28-13-6-2-7-14-28)42-37(41-35)29-21-19-25(20-22-29)31-18-10-17-26-23-24-32-34(33(26)31)43-38(39-32)30-15-8-3-9-16-30/h1-24H. The van der Waals surface area contributed by atoms with Gasteiger partial charge in [-0.15, -0.1) is 0 Å². The fourth-order valence-electron chi connectivity index (χ4n) is 5.44. The zero-order valence-electron chi connectivity index (χ0n) is 23.1. The molecule has 5 heteroatoms. The van der Waals surface area contributed by atoms with Crippen LogP contribution in [0.25, 0.3) is 78.6 Å². The number of hydrogen-bond donors (Lipinski definition) is 0. The molecule has 43 heavy (non-hydrogen) atoms. The second kappa shape index (κ2) is 10.5. The Balaban J connectivity index is 1.23. The number of aromatic nitrogens is 4. The molecule has 0 bridgehead atoms. The van der Waals surface area contributed by atoms with E-state index in [-0.39, 0.29) is 0 Å². The largest absolute Gasteiger partial charge is 0.435 e. The molecule has 0 aliphatic heterocycles. The van der Waals surface area contributed by atoms with Gasteiger partial charge in [0.15, 0.2) is 23.1 Å². The van der Waals surface area contributed by atoms with Crippen LogP contribution in [0.5, 0.6) is 0 Å². The van der Waals surface area contributed by atoms with Crippen molar-refractivity contribution in [1.29, 1.82) is 0 Å². The molecular formula is C38H24N4O. The van der Waals surface area contributed by atoms with Crippen molar-refractivity contribution in [3.63, 3.8) is 0 Å². The first-order chi connectivity index (χ1) is 21.3. The van der Waals surface area contributed by atoms with Gasteiger partial charge in [-0.3, -0.25) is 0 Å². The van der Waals surface area contributed by atoms with E-state index in [4.69, 9.17) is 24.4 Å². The first-order valence-electron chi connectivity index (χ1n) is 14.2. The summed E-state index contributed by atoms with van der Waals surface area (Å²) >= 11 is 0. The van der Waals surface area contributed by atoms with Crippen LogP contribution in [0, 0.1) is 0 Å². The lowest BCUT2D eigenvalue weighted by Crippen LogP contribution is -2.00. The van der Waals surface area contributed by atoms with Crippen LogP contribution in [0.1, 0.15) is 0 Å². The zero-order chi connectivity index (χ0) is 28.6. The van der Waals surface area contributed by atoms with Crippen LogP contribution in [0.3, 0.4) is 0 Å². The third-order valence-electron chi connectivity index (χ3n) is 7.57. The van der Waals surface area contributed by atoms with Gasteiger partial charge in [-0.1, -0.05) is 127 Å². The van der Waals surface area contributed by atoms with Gasteiger partial charge >= 0.3 is 0 Å². The van der Waals surface area contributed by atoms with Gasteiger partial charge in [0.2, 0.25) is 5.89 Å². The van der Waals surface area contributed by atoms with E-state index >= 15 is 0 Å². The van der Waals surface area contributed by atoms with Crippen molar-refractivity contribution in [2.45, 2.75) is 0 Å². The van der Waals surface area contributed by atoms with E-state index in [0.29, 0.717) is 23.4 Å². The summed E-state index contributed by atoms with van der Waals surface area (Å²) in [5.74, 6) is 2.53. The Kier molecular flexibility index (Phi) is 6.05. The Morgan fingerprint density at radius 3 is 1.47 bits per heavy atom. The van der Waals surface area contributed by atoms with Crippen molar-refractivity contribution in [2.24, 2.45) is 0 Å². The molecule has 0 aliphatic carbocycles.